The number of carbonyl (C=O) groups is 1. The molecule has 0 amide bonds. The van der Waals surface area contributed by atoms with Crippen molar-refractivity contribution >= 4 is 28.4 Å². The number of likely N-dealkylation sites (N-methyl/N-ethyl adjacent to an activating group) is 1. The lowest BCUT2D eigenvalue weighted by Gasteiger charge is -2.14. The summed E-state index contributed by atoms with van der Waals surface area (Å²) in [5.41, 5.74) is -0.137. The normalized spacial score (nSPS) is 12.3. The fourth-order valence-electron chi connectivity index (χ4n) is 1.79. The predicted molar refractivity (Wildman–Crippen MR) is 87.9 cm³/mol. The quantitative estimate of drug-likeness (QED) is 0.682. The van der Waals surface area contributed by atoms with Gasteiger partial charge in [-0.1, -0.05) is 6.92 Å². The van der Waals surface area contributed by atoms with Crippen molar-refractivity contribution < 1.29 is 22.3 Å². The zero-order chi connectivity index (χ0) is 16.8. The Morgan fingerprint density at radius 2 is 1.96 bits per heavy atom. The summed E-state index contributed by atoms with van der Waals surface area (Å²) >= 11 is 0. The summed E-state index contributed by atoms with van der Waals surface area (Å²) in [6, 6.07) is 2.83. The maximum Gasteiger partial charge on any atom is 0.338 e. The number of hydrogen-bond acceptors (Lipinski definition) is 5. The van der Waals surface area contributed by atoms with Gasteiger partial charge < -0.3 is 10.1 Å². The first kappa shape index (κ1) is 21.8. The second-order valence-electron chi connectivity index (χ2n) is 4.71. The third-order valence-corrected chi connectivity index (χ3v) is 4.23. The van der Waals surface area contributed by atoms with E-state index in [9.17, 15) is 17.6 Å². The molecule has 1 aromatic carbocycles. The molecule has 0 aliphatic rings. The SMILES string of the molecule is CCN[C@H](C)CNS(=O)(=O)c1cc(F)cc(C(=O)OCC)c1.Cl. The van der Waals surface area contributed by atoms with Gasteiger partial charge in [-0.3, -0.25) is 0 Å². The Morgan fingerprint density at radius 1 is 1.30 bits per heavy atom. The second kappa shape index (κ2) is 9.82. The van der Waals surface area contributed by atoms with Crippen molar-refractivity contribution in [3.63, 3.8) is 0 Å². The van der Waals surface area contributed by atoms with Crippen LogP contribution < -0.4 is 10.0 Å². The van der Waals surface area contributed by atoms with Crippen molar-refractivity contribution in [2.75, 3.05) is 19.7 Å². The van der Waals surface area contributed by atoms with Gasteiger partial charge in [0.05, 0.1) is 17.1 Å². The summed E-state index contributed by atoms with van der Waals surface area (Å²) in [5, 5.41) is 3.05. The molecule has 0 unspecified atom stereocenters. The number of benzene rings is 1. The molecule has 6 nitrogen and oxygen atoms in total. The van der Waals surface area contributed by atoms with Crippen LogP contribution in [0.5, 0.6) is 0 Å². The standard InChI is InChI=1S/C14H21FN2O4S.ClH/c1-4-16-10(3)9-17-22(19,20)13-7-11(6-12(15)8-13)14(18)21-5-2;/h6-8,10,16-17H,4-5,9H2,1-3H3;1H/t10-;/m1./s1. The zero-order valence-electron chi connectivity index (χ0n) is 13.3. The molecule has 1 rings (SSSR count). The van der Waals surface area contributed by atoms with Crippen molar-refractivity contribution in [1.29, 1.82) is 0 Å². The van der Waals surface area contributed by atoms with Gasteiger partial charge in [0.2, 0.25) is 10.0 Å². The highest BCUT2D eigenvalue weighted by Gasteiger charge is 2.19. The number of ether oxygens (including phenoxy) is 1. The van der Waals surface area contributed by atoms with Gasteiger partial charge in [-0.05, 0) is 38.6 Å². The Hall–Kier alpha value is -1.22. The van der Waals surface area contributed by atoms with Crippen molar-refractivity contribution in [3.8, 4) is 0 Å². The number of rotatable bonds is 8. The minimum Gasteiger partial charge on any atom is -0.462 e. The molecule has 9 heteroatoms. The third-order valence-electron chi connectivity index (χ3n) is 2.82. The summed E-state index contributed by atoms with van der Waals surface area (Å²) < 4.78 is 45.0. The van der Waals surface area contributed by atoms with Crippen LogP contribution in [0.3, 0.4) is 0 Å². The van der Waals surface area contributed by atoms with Crippen molar-refractivity contribution in [2.24, 2.45) is 0 Å². The lowest BCUT2D eigenvalue weighted by Crippen LogP contribution is -2.38. The molecule has 2 N–H and O–H groups in total. The van der Waals surface area contributed by atoms with Gasteiger partial charge in [0.1, 0.15) is 5.82 Å². The molecule has 0 fully saturated rings. The van der Waals surface area contributed by atoms with Gasteiger partial charge in [0.25, 0.3) is 0 Å². The number of carbonyl (C=O) groups excluding carboxylic acids is 1. The molecular weight excluding hydrogens is 347 g/mol. The van der Waals surface area contributed by atoms with Gasteiger partial charge in [-0.25, -0.2) is 22.3 Å². The van der Waals surface area contributed by atoms with Crippen LogP contribution >= 0.6 is 12.4 Å². The van der Waals surface area contributed by atoms with Crippen LogP contribution in [0.25, 0.3) is 0 Å². The van der Waals surface area contributed by atoms with Crippen LogP contribution in [0, 0.1) is 5.82 Å². The summed E-state index contributed by atoms with van der Waals surface area (Å²) in [4.78, 5) is 11.3. The molecule has 0 heterocycles. The fraction of sp³-hybridized carbons (Fsp3) is 0.500. The van der Waals surface area contributed by atoms with Crippen molar-refractivity contribution in [3.05, 3.63) is 29.6 Å². The van der Waals surface area contributed by atoms with E-state index in [0.717, 1.165) is 18.2 Å². The molecular formula is C14H22ClFN2O4S. The molecule has 0 saturated heterocycles. The Morgan fingerprint density at radius 3 is 2.52 bits per heavy atom. The summed E-state index contributed by atoms with van der Waals surface area (Å²) in [7, 11) is -3.90. The highest BCUT2D eigenvalue weighted by atomic mass is 35.5. The number of hydrogen-bond donors (Lipinski definition) is 2. The Balaban J connectivity index is 0.00000484. The van der Waals surface area contributed by atoms with Crippen molar-refractivity contribution in [1.82, 2.24) is 10.0 Å². The van der Waals surface area contributed by atoms with E-state index in [4.69, 9.17) is 4.74 Å². The van der Waals surface area contributed by atoms with E-state index in [0.29, 0.717) is 6.54 Å². The van der Waals surface area contributed by atoms with Crippen molar-refractivity contribution in [2.45, 2.75) is 31.7 Å². The lowest BCUT2D eigenvalue weighted by atomic mass is 10.2. The number of halogens is 2. The highest BCUT2D eigenvalue weighted by Crippen LogP contribution is 2.15. The van der Waals surface area contributed by atoms with Crippen LogP contribution in [-0.4, -0.2) is 40.1 Å². The Bertz CT molecular complexity index is 625. The first-order chi connectivity index (χ1) is 10.3. The van der Waals surface area contributed by atoms with Gasteiger partial charge >= 0.3 is 5.97 Å². The summed E-state index contributed by atoms with van der Waals surface area (Å²) in [6.07, 6.45) is 0. The first-order valence-electron chi connectivity index (χ1n) is 7.01. The highest BCUT2D eigenvalue weighted by molar-refractivity contribution is 7.89. The minimum absolute atomic E-state index is 0. The van der Waals surface area contributed by atoms with Crippen LogP contribution in [0.15, 0.2) is 23.1 Å². The average molecular weight is 369 g/mol. The lowest BCUT2D eigenvalue weighted by molar-refractivity contribution is 0.0525. The van der Waals surface area contributed by atoms with Crippen LogP contribution in [0.1, 0.15) is 31.1 Å². The van der Waals surface area contributed by atoms with Gasteiger partial charge in [0, 0.05) is 12.6 Å². The molecule has 132 valence electrons. The Labute approximate surface area is 142 Å². The van der Waals surface area contributed by atoms with E-state index in [1.54, 1.807) is 6.92 Å². The van der Waals surface area contributed by atoms with E-state index < -0.39 is 21.8 Å². The molecule has 23 heavy (non-hydrogen) atoms. The molecule has 1 aromatic rings. The topological polar surface area (TPSA) is 84.5 Å². The minimum atomic E-state index is -3.90. The molecule has 0 radical (unpaired) electrons. The smallest absolute Gasteiger partial charge is 0.338 e. The maximum atomic E-state index is 13.6. The molecule has 0 aliphatic carbocycles. The van der Waals surface area contributed by atoms with Gasteiger partial charge in [-0.2, -0.15) is 0 Å². The molecule has 0 aliphatic heterocycles. The van der Waals surface area contributed by atoms with Gasteiger partial charge in [0.15, 0.2) is 0 Å². The maximum absolute atomic E-state index is 13.6. The third kappa shape index (κ3) is 6.82. The Kier molecular flexibility index (Phi) is 9.29. The number of nitrogens with one attached hydrogen (secondary N) is 2. The first-order valence-corrected chi connectivity index (χ1v) is 8.49. The molecule has 0 spiro atoms. The fourth-order valence-corrected chi connectivity index (χ4v) is 2.97. The molecule has 0 bridgehead atoms. The van der Waals surface area contributed by atoms with E-state index >= 15 is 0 Å². The summed E-state index contributed by atoms with van der Waals surface area (Å²) in [6.45, 7) is 6.32. The molecule has 0 saturated carbocycles. The van der Waals surface area contributed by atoms with E-state index in [2.05, 4.69) is 10.0 Å². The predicted octanol–water partition coefficient (Wildman–Crippen LogP) is 1.70. The average Bonchev–Trinajstić information content (AvgIpc) is 2.45. The van der Waals surface area contributed by atoms with Crippen LogP contribution in [0.4, 0.5) is 4.39 Å². The monoisotopic (exact) mass is 368 g/mol. The second-order valence-corrected chi connectivity index (χ2v) is 6.47. The largest absolute Gasteiger partial charge is 0.462 e. The summed E-state index contributed by atoms with van der Waals surface area (Å²) in [5.74, 6) is -1.58. The van der Waals surface area contributed by atoms with Crippen LogP contribution in [-0.2, 0) is 14.8 Å². The van der Waals surface area contributed by atoms with E-state index in [1.165, 1.54) is 0 Å². The van der Waals surface area contributed by atoms with E-state index in [-0.39, 0.29) is 42.1 Å². The van der Waals surface area contributed by atoms with Crippen LogP contribution in [0.2, 0.25) is 0 Å². The molecule has 1 atom stereocenters. The van der Waals surface area contributed by atoms with E-state index in [1.807, 2.05) is 13.8 Å². The molecule has 0 aromatic heterocycles. The zero-order valence-corrected chi connectivity index (χ0v) is 14.9. The number of esters is 1. The number of sulfonamides is 1. The van der Waals surface area contributed by atoms with Gasteiger partial charge in [-0.15, -0.1) is 12.4 Å².